The third-order valence-electron chi connectivity index (χ3n) is 3.63. The van der Waals surface area contributed by atoms with Gasteiger partial charge in [-0.05, 0) is 25.5 Å². The van der Waals surface area contributed by atoms with Gasteiger partial charge in [-0.25, -0.2) is 12.7 Å². The van der Waals surface area contributed by atoms with Gasteiger partial charge in [-0.15, -0.1) is 0 Å². The quantitative estimate of drug-likeness (QED) is 0.857. The largest absolute Gasteiger partial charge is 0.496 e. The Balaban J connectivity index is 2.04. The van der Waals surface area contributed by atoms with Crippen LogP contribution in [0, 0.1) is 0 Å². The number of hydrogen-bond acceptors (Lipinski definition) is 4. The van der Waals surface area contributed by atoms with Gasteiger partial charge >= 0.3 is 0 Å². The number of rotatable bonds is 6. The highest BCUT2D eigenvalue weighted by atomic mass is 32.2. The minimum absolute atomic E-state index is 0.0834. The number of sulfonamides is 1. The van der Waals surface area contributed by atoms with Gasteiger partial charge in [0.15, 0.2) is 0 Å². The van der Waals surface area contributed by atoms with E-state index in [9.17, 15) is 8.42 Å². The van der Waals surface area contributed by atoms with Crippen molar-refractivity contribution in [2.24, 2.45) is 0 Å². The highest BCUT2D eigenvalue weighted by molar-refractivity contribution is 7.89. The number of para-hydroxylation sites is 1. The highest BCUT2D eigenvalue weighted by Gasteiger charge is 2.26. The first-order chi connectivity index (χ1) is 9.53. The number of ether oxygens (including phenoxy) is 1. The molecule has 0 aromatic heterocycles. The Kier molecular flexibility index (Phi) is 5.01. The van der Waals surface area contributed by atoms with Gasteiger partial charge in [0.25, 0.3) is 0 Å². The van der Waals surface area contributed by atoms with E-state index >= 15 is 0 Å². The number of methoxy groups -OCH3 is 1. The third-order valence-corrected chi connectivity index (χ3v) is 5.54. The van der Waals surface area contributed by atoms with Gasteiger partial charge in [0, 0.05) is 25.2 Å². The van der Waals surface area contributed by atoms with Crippen LogP contribution in [0.5, 0.6) is 5.75 Å². The van der Waals surface area contributed by atoms with E-state index in [-0.39, 0.29) is 11.8 Å². The maximum atomic E-state index is 12.3. The van der Waals surface area contributed by atoms with Gasteiger partial charge in [0.1, 0.15) is 5.75 Å². The fraction of sp³-hybridized carbons (Fsp3) is 0.571. The minimum atomic E-state index is -3.25. The zero-order valence-electron chi connectivity index (χ0n) is 12.0. The molecule has 1 aliphatic heterocycles. The maximum absolute atomic E-state index is 12.3. The average Bonchev–Trinajstić information content (AvgIpc) is 2.91. The summed E-state index contributed by atoms with van der Waals surface area (Å²) < 4.78 is 31.3. The maximum Gasteiger partial charge on any atom is 0.215 e. The first kappa shape index (κ1) is 15.3. The van der Waals surface area contributed by atoms with Gasteiger partial charge in [-0.2, -0.15) is 0 Å². The van der Waals surface area contributed by atoms with E-state index < -0.39 is 10.0 Å². The van der Waals surface area contributed by atoms with Crippen molar-refractivity contribution in [3.8, 4) is 5.75 Å². The molecule has 112 valence electrons. The van der Waals surface area contributed by atoms with Gasteiger partial charge in [-0.1, -0.05) is 18.2 Å². The summed E-state index contributed by atoms with van der Waals surface area (Å²) in [4.78, 5) is 0. The van der Waals surface area contributed by atoms with Crippen molar-refractivity contribution in [1.82, 2.24) is 9.62 Å². The van der Waals surface area contributed by atoms with Crippen LogP contribution >= 0.6 is 0 Å². The first-order valence-electron chi connectivity index (χ1n) is 6.82. The fourth-order valence-electron chi connectivity index (χ4n) is 2.45. The predicted molar refractivity (Wildman–Crippen MR) is 79.3 cm³/mol. The van der Waals surface area contributed by atoms with Gasteiger partial charge in [-0.3, -0.25) is 0 Å². The van der Waals surface area contributed by atoms with Crippen LogP contribution in [0.3, 0.4) is 0 Å². The highest BCUT2D eigenvalue weighted by Crippen LogP contribution is 2.20. The monoisotopic (exact) mass is 298 g/mol. The smallest absolute Gasteiger partial charge is 0.215 e. The summed E-state index contributed by atoms with van der Waals surface area (Å²) in [5.74, 6) is 0.882. The van der Waals surface area contributed by atoms with Crippen molar-refractivity contribution >= 4 is 10.0 Å². The average molecular weight is 298 g/mol. The topological polar surface area (TPSA) is 58.6 Å². The van der Waals surface area contributed by atoms with Crippen molar-refractivity contribution < 1.29 is 13.2 Å². The lowest BCUT2D eigenvalue weighted by molar-refractivity contribution is 0.397. The summed E-state index contributed by atoms with van der Waals surface area (Å²) in [6.07, 6.45) is 1.98. The third kappa shape index (κ3) is 3.71. The normalized spacial score (nSPS) is 19.4. The van der Waals surface area contributed by atoms with E-state index in [1.165, 1.54) is 4.31 Å². The second kappa shape index (κ2) is 6.56. The first-order valence-corrected chi connectivity index (χ1v) is 8.43. The number of benzene rings is 1. The van der Waals surface area contributed by atoms with Crippen LogP contribution in [0.2, 0.25) is 0 Å². The molecule has 1 N–H and O–H groups in total. The standard InChI is InChI=1S/C14H22N2O3S/c1-16(10-12-6-3-4-8-14(12)19-2)20(17,18)11-13-7-5-9-15-13/h3-4,6,8,13,15H,5,7,9-11H2,1-2H3. The van der Waals surface area contributed by atoms with Crippen LogP contribution in [-0.2, 0) is 16.6 Å². The SMILES string of the molecule is COc1ccccc1CN(C)S(=O)(=O)CC1CCCN1. The van der Waals surface area contributed by atoms with Gasteiger partial charge < -0.3 is 10.1 Å². The summed E-state index contributed by atoms with van der Waals surface area (Å²) in [5.41, 5.74) is 0.875. The molecule has 0 spiro atoms. The summed E-state index contributed by atoms with van der Waals surface area (Å²) in [6.45, 7) is 1.25. The lowest BCUT2D eigenvalue weighted by Gasteiger charge is -2.20. The Morgan fingerprint density at radius 3 is 2.80 bits per heavy atom. The van der Waals surface area contributed by atoms with Crippen molar-refractivity contribution in [2.45, 2.75) is 25.4 Å². The molecular formula is C14H22N2O3S. The van der Waals surface area contributed by atoms with Crippen molar-refractivity contribution in [2.75, 3.05) is 26.5 Å². The molecule has 0 amide bonds. The second-order valence-electron chi connectivity index (χ2n) is 5.14. The fourth-order valence-corrected chi connectivity index (χ4v) is 3.84. The Morgan fingerprint density at radius 2 is 2.15 bits per heavy atom. The second-order valence-corrected chi connectivity index (χ2v) is 7.26. The van der Waals surface area contributed by atoms with E-state index in [1.807, 2.05) is 24.3 Å². The molecule has 0 bridgehead atoms. The van der Waals surface area contributed by atoms with Crippen LogP contribution in [-0.4, -0.2) is 45.2 Å². The van der Waals surface area contributed by atoms with Crippen LogP contribution in [0.25, 0.3) is 0 Å². The number of hydrogen-bond donors (Lipinski definition) is 1. The van der Waals surface area contributed by atoms with Crippen LogP contribution in [0.1, 0.15) is 18.4 Å². The zero-order valence-corrected chi connectivity index (χ0v) is 12.8. The number of nitrogens with one attached hydrogen (secondary N) is 1. The molecule has 1 unspecified atom stereocenters. The Hall–Kier alpha value is -1.11. The zero-order chi connectivity index (χ0) is 14.6. The van der Waals surface area contributed by atoms with E-state index in [0.717, 1.165) is 24.9 Å². The molecule has 1 atom stereocenters. The summed E-state index contributed by atoms with van der Waals surface area (Å²) in [5, 5.41) is 3.22. The predicted octanol–water partition coefficient (Wildman–Crippen LogP) is 1.21. The molecule has 0 aliphatic carbocycles. The summed E-state index contributed by atoms with van der Waals surface area (Å²) in [7, 11) is -0.0368. The lowest BCUT2D eigenvalue weighted by atomic mass is 10.2. The van der Waals surface area contributed by atoms with E-state index in [2.05, 4.69) is 5.32 Å². The molecule has 1 saturated heterocycles. The molecule has 0 saturated carbocycles. The molecule has 20 heavy (non-hydrogen) atoms. The molecule has 1 fully saturated rings. The van der Waals surface area contributed by atoms with Crippen molar-refractivity contribution in [3.63, 3.8) is 0 Å². The number of nitrogens with zero attached hydrogens (tertiary/aromatic N) is 1. The molecule has 0 radical (unpaired) electrons. The molecular weight excluding hydrogens is 276 g/mol. The molecule has 6 heteroatoms. The molecule has 1 aromatic carbocycles. The molecule has 2 rings (SSSR count). The van der Waals surface area contributed by atoms with Crippen LogP contribution in [0.4, 0.5) is 0 Å². The van der Waals surface area contributed by atoms with Crippen LogP contribution < -0.4 is 10.1 Å². The van der Waals surface area contributed by atoms with E-state index in [4.69, 9.17) is 4.74 Å². The molecule has 1 aromatic rings. The van der Waals surface area contributed by atoms with Gasteiger partial charge in [0.05, 0.1) is 12.9 Å². The molecule has 5 nitrogen and oxygen atoms in total. The van der Waals surface area contributed by atoms with Crippen molar-refractivity contribution in [1.29, 1.82) is 0 Å². The van der Waals surface area contributed by atoms with E-state index in [0.29, 0.717) is 12.3 Å². The Labute approximate surface area is 121 Å². The Morgan fingerprint density at radius 1 is 1.40 bits per heavy atom. The minimum Gasteiger partial charge on any atom is -0.496 e. The van der Waals surface area contributed by atoms with E-state index in [1.54, 1.807) is 14.2 Å². The summed E-state index contributed by atoms with van der Waals surface area (Å²) in [6, 6.07) is 7.57. The Bertz CT molecular complexity index is 539. The lowest BCUT2D eigenvalue weighted by Crippen LogP contribution is -2.37. The van der Waals surface area contributed by atoms with Crippen molar-refractivity contribution in [3.05, 3.63) is 29.8 Å². The molecule has 1 aliphatic rings. The van der Waals surface area contributed by atoms with Crippen LogP contribution in [0.15, 0.2) is 24.3 Å². The molecule has 1 heterocycles. The van der Waals surface area contributed by atoms with Gasteiger partial charge in [0.2, 0.25) is 10.0 Å². The summed E-state index contributed by atoms with van der Waals surface area (Å²) >= 11 is 0.